The molecule has 0 bridgehead atoms. The summed E-state index contributed by atoms with van der Waals surface area (Å²) in [5.74, 6) is 0.470. The molecular weight excluding hydrogens is 253 g/mol. The Morgan fingerprint density at radius 2 is 2.25 bits per heavy atom. The number of hydrogen-bond acceptors (Lipinski definition) is 2. The van der Waals surface area contributed by atoms with Crippen LogP contribution in [0, 0.1) is 17.2 Å². The summed E-state index contributed by atoms with van der Waals surface area (Å²) in [7, 11) is 0. The minimum atomic E-state index is -0.198. The van der Waals surface area contributed by atoms with Gasteiger partial charge < -0.3 is 10.0 Å². The second-order valence-electron chi connectivity index (χ2n) is 6.35. The van der Waals surface area contributed by atoms with Gasteiger partial charge in [0, 0.05) is 24.2 Å². The Kier molecular flexibility index (Phi) is 5.03. The van der Waals surface area contributed by atoms with E-state index in [1.807, 2.05) is 6.07 Å². The van der Waals surface area contributed by atoms with Gasteiger partial charge >= 0.3 is 0 Å². The lowest BCUT2D eigenvalue weighted by molar-refractivity contribution is 0.0667. The SMILES string of the molecule is CCN(CC1(CO)CCCC(C)C1)c1cccc(F)c1. The summed E-state index contributed by atoms with van der Waals surface area (Å²) in [4.78, 5) is 2.19. The highest BCUT2D eigenvalue weighted by atomic mass is 19.1. The van der Waals surface area contributed by atoms with E-state index < -0.39 is 0 Å². The molecule has 1 N–H and O–H groups in total. The van der Waals surface area contributed by atoms with Gasteiger partial charge in [0.25, 0.3) is 0 Å². The van der Waals surface area contributed by atoms with E-state index in [2.05, 4.69) is 18.7 Å². The second kappa shape index (κ2) is 6.57. The maximum absolute atomic E-state index is 13.4. The van der Waals surface area contributed by atoms with Gasteiger partial charge in [-0.2, -0.15) is 0 Å². The van der Waals surface area contributed by atoms with Crippen LogP contribution in [0.2, 0.25) is 0 Å². The summed E-state index contributed by atoms with van der Waals surface area (Å²) in [6.45, 7) is 6.22. The van der Waals surface area contributed by atoms with Crippen molar-refractivity contribution in [2.24, 2.45) is 11.3 Å². The Morgan fingerprint density at radius 3 is 2.85 bits per heavy atom. The molecule has 0 amide bonds. The maximum atomic E-state index is 13.4. The fourth-order valence-corrected chi connectivity index (χ4v) is 3.57. The largest absolute Gasteiger partial charge is 0.396 e. The summed E-state index contributed by atoms with van der Waals surface area (Å²) in [5.41, 5.74) is 0.888. The van der Waals surface area contributed by atoms with Crippen LogP contribution in [0.3, 0.4) is 0 Å². The lowest BCUT2D eigenvalue weighted by Crippen LogP contribution is -2.43. The number of anilines is 1. The highest BCUT2D eigenvalue weighted by molar-refractivity contribution is 5.46. The maximum Gasteiger partial charge on any atom is 0.125 e. The van der Waals surface area contributed by atoms with Crippen LogP contribution in [0.25, 0.3) is 0 Å². The van der Waals surface area contributed by atoms with E-state index in [0.717, 1.165) is 31.6 Å². The third-order valence-corrected chi connectivity index (χ3v) is 4.60. The standard InChI is InChI=1S/C17H26FNO/c1-3-19(16-8-4-7-15(18)10-16)12-17(13-20)9-5-6-14(2)11-17/h4,7-8,10,14,20H,3,5-6,9,11-13H2,1-2H3. The highest BCUT2D eigenvalue weighted by Crippen LogP contribution is 2.40. The number of halogens is 1. The molecule has 2 rings (SSSR count). The molecule has 0 aromatic heterocycles. The first-order chi connectivity index (χ1) is 9.58. The average Bonchev–Trinajstić information content (AvgIpc) is 2.45. The van der Waals surface area contributed by atoms with Crippen LogP contribution in [0.5, 0.6) is 0 Å². The Balaban J connectivity index is 2.15. The van der Waals surface area contributed by atoms with Crippen molar-refractivity contribution >= 4 is 5.69 Å². The topological polar surface area (TPSA) is 23.5 Å². The van der Waals surface area contributed by atoms with Crippen molar-refractivity contribution in [2.75, 3.05) is 24.6 Å². The first kappa shape index (κ1) is 15.3. The van der Waals surface area contributed by atoms with Crippen molar-refractivity contribution in [1.29, 1.82) is 0 Å². The molecule has 3 heteroatoms. The van der Waals surface area contributed by atoms with Crippen LogP contribution in [0.4, 0.5) is 10.1 Å². The van der Waals surface area contributed by atoms with E-state index in [-0.39, 0.29) is 17.8 Å². The molecule has 1 aromatic rings. The van der Waals surface area contributed by atoms with E-state index in [1.165, 1.54) is 18.9 Å². The summed E-state index contributed by atoms with van der Waals surface area (Å²) in [6.07, 6.45) is 4.57. The predicted octanol–water partition coefficient (Wildman–Crippen LogP) is 3.84. The second-order valence-corrected chi connectivity index (χ2v) is 6.35. The Morgan fingerprint density at radius 1 is 1.45 bits per heavy atom. The van der Waals surface area contributed by atoms with Crippen molar-refractivity contribution in [3.63, 3.8) is 0 Å². The Hall–Kier alpha value is -1.09. The molecule has 20 heavy (non-hydrogen) atoms. The minimum Gasteiger partial charge on any atom is -0.396 e. The molecule has 1 aliphatic carbocycles. The van der Waals surface area contributed by atoms with Gasteiger partial charge in [-0.15, -0.1) is 0 Å². The van der Waals surface area contributed by atoms with E-state index in [4.69, 9.17) is 0 Å². The zero-order valence-electron chi connectivity index (χ0n) is 12.6. The van der Waals surface area contributed by atoms with E-state index in [0.29, 0.717) is 5.92 Å². The average molecular weight is 279 g/mol. The normalized spacial score (nSPS) is 26.5. The summed E-state index contributed by atoms with van der Waals surface area (Å²) in [5, 5.41) is 9.90. The fraction of sp³-hybridized carbons (Fsp3) is 0.647. The summed E-state index contributed by atoms with van der Waals surface area (Å²) in [6, 6.07) is 6.76. The van der Waals surface area contributed by atoms with E-state index in [1.54, 1.807) is 12.1 Å². The third kappa shape index (κ3) is 3.51. The van der Waals surface area contributed by atoms with Gasteiger partial charge in [-0.1, -0.05) is 25.8 Å². The van der Waals surface area contributed by atoms with Crippen molar-refractivity contribution in [1.82, 2.24) is 0 Å². The molecule has 0 spiro atoms. The van der Waals surface area contributed by atoms with E-state index >= 15 is 0 Å². The quantitative estimate of drug-likeness (QED) is 0.885. The van der Waals surface area contributed by atoms with Crippen LogP contribution in [0.1, 0.15) is 39.5 Å². The van der Waals surface area contributed by atoms with Crippen LogP contribution in [0.15, 0.2) is 24.3 Å². The highest BCUT2D eigenvalue weighted by Gasteiger charge is 2.35. The summed E-state index contributed by atoms with van der Waals surface area (Å²) < 4.78 is 13.4. The van der Waals surface area contributed by atoms with Gasteiger partial charge in [-0.25, -0.2) is 4.39 Å². The van der Waals surface area contributed by atoms with Crippen LogP contribution in [-0.4, -0.2) is 24.8 Å². The van der Waals surface area contributed by atoms with Gasteiger partial charge in [0.05, 0.1) is 6.61 Å². The number of aliphatic hydroxyl groups excluding tert-OH is 1. The molecule has 1 fully saturated rings. The zero-order chi connectivity index (χ0) is 14.6. The third-order valence-electron chi connectivity index (χ3n) is 4.60. The Bertz CT molecular complexity index is 437. The predicted molar refractivity (Wildman–Crippen MR) is 81.4 cm³/mol. The molecule has 2 unspecified atom stereocenters. The number of rotatable bonds is 5. The molecule has 1 aromatic carbocycles. The van der Waals surface area contributed by atoms with Gasteiger partial charge in [-0.3, -0.25) is 0 Å². The smallest absolute Gasteiger partial charge is 0.125 e. The number of nitrogens with zero attached hydrogens (tertiary/aromatic N) is 1. The molecule has 1 saturated carbocycles. The summed E-state index contributed by atoms with van der Waals surface area (Å²) >= 11 is 0. The molecular formula is C17H26FNO. The van der Waals surface area contributed by atoms with Crippen molar-refractivity contribution in [3.05, 3.63) is 30.1 Å². The fourth-order valence-electron chi connectivity index (χ4n) is 3.57. The van der Waals surface area contributed by atoms with Crippen molar-refractivity contribution in [3.8, 4) is 0 Å². The number of benzene rings is 1. The molecule has 2 nitrogen and oxygen atoms in total. The number of aliphatic hydroxyl groups is 1. The van der Waals surface area contributed by atoms with Crippen molar-refractivity contribution in [2.45, 2.75) is 39.5 Å². The van der Waals surface area contributed by atoms with Crippen LogP contribution in [-0.2, 0) is 0 Å². The molecule has 1 aliphatic rings. The first-order valence-electron chi connectivity index (χ1n) is 7.70. The van der Waals surface area contributed by atoms with Gasteiger partial charge in [0.15, 0.2) is 0 Å². The van der Waals surface area contributed by atoms with Crippen LogP contribution >= 0.6 is 0 Å². The molecule has 112 valence electrons. The van der Waals surface area contributed by atoms with Gasteiger partial charge in [0.2, 0.25) is 0 Å². The zero-order valence-corrected chi connectivity index (χ0v) is 12.6. The van der Waals surface area contributed by atoms with Crippen LogP contribution < -0.4 is 4.90 Å². The number of hydrogen-bond donors (Lipinski definition) is 1. The molecule has 0 saturated heterocycles. The molecule has 0 radical (unpaired) electrons. The van der Waals surface area contributed by atoms with Gasteiger partial charge in [0.1, 0.15) is 5.82 Å². The lowest BCUT2D eigenvalue weighted by atomic mass is 9.70. The molecule has 2 atom stereocenters. The minimum absolute atomic E-state index is 0.0278. The van der Waals surface area contributed by atoms with E-state index in [9.17, 15) is 9.50 Å². The van der Waals surface area contributed by atoms with Gasteiger partial charge in [-0.05, 0) is 43.9 Å². The first-order valence-corrected chi connectivity index (χ1v) is 7.70. The monoisotopic (exact) mass is 279 g/mol. The van der Waals surface area contributed by atoms with Crippen molar-refractivity contribution < 1.29 is 9.50 Å². The Labute approximate surface area is 121 Å². The molecule has 0 aliphatic heterocycles. The molecule has 0 heterocycles. The lowest BCUT2D eigenvalue weighted by Gasteiger charge is -2.42.